The second kappa shape index (κ2) is 15.6. The molecular weight excluding hydrogens is 829 g/mol. The molecule has 314 valence electrons. The fraction of sp³-hybridized carbons (Fsp3) is 0. The molecule has 0 aliphatic heterocycles. The van der Waals surface area contributed by atoms with Crippen molar-refractivity contribution in [2.75, 3.05) is 0 Å². The van der Waals surface area contributed by atoms with Crippen LogP contribution in [-0.4, -0.2) is 49.2 Å². The van der Waals surface area contributed by atoms with Crippen molar-refractivity contribution in [2.45, 2.75) is 0 Å². The van der Waals surface area contributed by atoms with Crippen LogP contribution >= 0.6 is 0 Å². The summed E-state index contributed by atoms with van der Waals surface area (Å²) in [5.74, 6) is 3.94. The Labute approximate surface area is 382 Å². The zero-order valence-electron chi connectivity index (χ0n) is 35.5. The molecule has 67 heavy (non-hydrogen) atoms. The van der Waals surface area contributed by atoms with E-state index in [-0.39, 0.29) is 0 Å². The number of hydrogen-bond acceptors (Lipinski definition) is 9. The van der Waals surface area contributed by atoms with Gasteiger partial charge >= 0.3 is 0 Å². The molecule has 0 saturated carbocycles. The molecule has 0 aliphatic carbocycles. The summed E-state index contributed by atoms with van der Waals surface area (Å²) >= 11 is 0. The van der Waals surface area contributed by atoms with E-state index >= 15 is 0 Å². The van der Waals surface area contributed by atoms with Crippen molar-refractivity contribution in [1.29, 1.82) is 0 Å². The second-order valence-corrected chi connectivity index (χ2v) is 16.0. The van der Waals surface area contributed by atoms with Crippen LogP contribution in [0.15, 0.2) is 211 Å². The van der Waals surface area contributed by atoms with Gasteiger partial charge in [0.2, 0.25) is 23.7 Å². The monoisotopic (exact) mass is 862 g/mol. The third-order valence-corrected chi connectivity index (χ3v) is 12.1. The van der Waals surface area contributed by atoms with Gasteiger partial charge in [-0.2, -0.15) is 19.9 Å². The molecule has 8 aromatic carbocycles. The predicted octanol–water partition coefficient (Wildman–Crippen LogP) is 12.6. The van der Waals surface area contributed by atoms with Crippen molar-refractivity contribution in [3.8, 4) is 80.4 Å². The molecule has 0 amide bonds. The van der Waals surface area contributed by atoms with Gasteiger partial charge in [-0.25, -0.2) is 9.97 Å². The van der Waals surface area contributed by atoms with Crippen LogP contribution in [0.4, 0.5) is 0 Å². The first-order valence-electron chi connectivity index (χ1n) is 21.9. The summed E-state index contributed by atoms with van der Waals surface area (Å²) in [6, 6.07) is 68.7. The Morgan fingerprint density at radius 1 is 0.299 bits per heavy atom. The SMILES string of the molecule is c1ccc(-c2nc(-c3ccccc3)nc(-n3c4ccccc4c4c(-c5nnc(-c6cccc7c8ccccc8n(-c8nc(-c9ccccc9)nc(-c9ccccc9)n8)c67)o5)cccc43)n2)cc1. The first-order chi connectivity index (χ1) is 33.2. The summed E-state index contributed by atoms with van der Waals surface area (Å²) in [5, 5.41) is 13.5. The lowest BCUT2D eigenvalue weighted by atomic mass is 10.1. The number of para-hydroxylation sites is 3. The smallest absolute Gasteiger partial charge is 0.250 e. The van der Waals surface area contributed by atoms with Gasteiger partial charge in [0.1, 0.15) is 0 Å². The van der Waals surface area contributed by atoms with Gasteiger partial charge in [-0.05, 0) is 30.3 Å². The molecule has 0 N–H and O–H groups in total. The fourth-order valence-electron chi connectivity index (χ4n) is 9.05. The Kier molecular flexibility index (Phi) is 8.88. The number of nitrogens with zero attached hydrogens (tertiary/aromatic N) is 10. The van der Waals surface area contributed by atoms with Crippen LogP contribution in [0.1, 0.15) is 0 Å². The largest absolute Gasteiger partial charge is 0.416 e. The van der Waals surface area contributed by atoms with E-state index in [1.54, 1.807) is 0 Å². The first kappa shape index (κ1) is 38.0. The molecule has 13 rings (SSSR count). The van der Waals surface area contributed by atoms with Crippen LogP contribution in [0.25, 0.3) is 124 Å². The Morgan fingerprint density at radius 3 is 1.22 bits per heavy atom. The third kappa shape index (κ3) is 6.44. The van der Waals surface area contributed by atoms with Crippen LogP contribution in [-0.2, 0) is 0 Å². The molecule has 11 nitrogen and oxygen atoms in total. The molecule has 0 radical (unpaired) electrons. The molecule has 5 aromatic heterocycles. The van der Waals surface area contributed by atoms with Crippen LogP contribution in [0.2, 0.25) is 0 Å². The Morgan fingerprint density at radius 2 is 0.687 bits per heavy atom. The standard InChI is InChI=1S/C56H34N10O/c1-5-19-35(20-6-1)49-57-50(36-21-7-2-8-22-36)60-55(59-49)65-45-33-16-14-28-41(45)47-42(30-18-34-46(47)65)53-63-64-54(67-53)43-31-17-29-40-39-27-13-15-32-44(39)66(48(40)43)56-61-51(37-23-9-3-10-24-37)58-52(62-56)38-25-11-4-12-26-38/h1-34H. The summed E-state index contributed by atoms with van der Waals surface area (Å²) in [4.78, 5) is 30.5. The van der Waals surface area contributed by atoms with Gasteiger partial charge in [-0.3, -0.25) is 9.13 Å². The highest BCUT2D eigenvalue weighted by atomic mass is 16.4. The third-order valence-electron chi connectivity index (χ3n) is 12.1. The molecular formula is C56H34N10O. The molecule has 0 unspecified atom stereocenters. The Balaban J connectivity index is 1.00. The molecule has 0 atom stereocenters. The van der Waals surface area contributed by atoms with Crippen LogP contribution in [0.3, 0.4) is 0 Å². The van der Waals surface area contributed by atoms with Gasteiger partial charge in [0.15, 0.2) is 23.3 Å². The van der Waals surface area contributed by atoms with E-state index < -0.39 is 0 Å². The minimum absolute atomic E-state index is 0.350. The molecule has 11 heteroatoms. The zero-order valence-corrected chi connectivity index (χ0v) is 35.5. The molecule has 0 saturated heterocycles. The normalized spacial score (nSPS) is 11.6. The van der Waals surface area contributed by atoms with E-state index in [1.165, 1.54) is 0 Å². The number of fused-ring (bicyclic) bond motifs is 6. The Hall–Kier alpha value is -9.48. The molecule has 13 aromatic rings. The highest BCUT2D eigenvalue weighted by Gasteiger charge is 2.25. The van der Waals surface area contributed by atoms with Crippen molar-refractivity contribution >= 4 is 43.6 Å². The summed E-state index contributed by atoms with van der Waals surface area (Å²) in [7, 11) is 0. The topological polar surface area (TPSA) is 126 Å². The average Bonchev–Trinajstić information content (AvgIpc) is 4.13. The lowest BCUT2D eigenvalue weighted by molar-refractivity contribution is 0.585. The minimum atomic E-state index is 0.350. The number of hydrogen-bond donors (Lipinski definition) is 0. The second-order valence-electron chi connectivity index (χ2n) is 16.0. The maximum atomic E-state index is 6.82. The maximum absolute atomic E-state index is 6.82. The summed E-state index contributed by atoms with van der Waals surface area (Å²) < 4.78 is 11.0. The van der Waals surface area contributed by atoms with E-state index in [9.17, 15) is 0 Å². The number of benzene rings is 8. The quantitative estimate of drug-likeness (QED) is 0.147. The van der Waals surface area contributed by atoms with Gasteiger partial charge in [0, 0.05) is 49.4 Å². The molecule has 0 bridgehead atoms. The fourth-order valence-corrected chi connectivity index (χ4v) is 9.05. The highest BCUT2D eigenvalue weighted by Crippen LogP contribution is 2.41. The van der Waals surface area contributed by atoms with Gasteiger partial charge in [0.25, 0.3) is 0 Å². The highest BCUT2D eigenvalue weighted by molar-refractivity contribution is 6.15. The predicted molar refractivity (Wildman–Crippen MR) is 262 cm³/mol. The van der Waals surface area contributed by atoms with E-state index in [2.05, 4.69) is 45.5 Å². The molecule has 0 fully saturated rings. The van der Waals surface area contributed by atoms with Gasteiger partial charge < -0.3 is 4.42 Å². The molecule has 0 spiro atoms. The first-order valence-corrected chi connectivity index (χ1v) is 21.9. The lowest BCUT2D eigenvalue weighted by Crippen LogP contribution is -2.07. The van der Waals surface area contributed by atoms with Crippen LogP contribution in [0.5, 0.6) is 0 Å². The number of aromatic nitrogens is 10. The maximum Gasteiger partial charge on any atom is 0.250 e. The summed E-state index contributed by atoms with van der Waals surface area (Å²) in [5.41, 5.74) is 8.60. The van der Waals surface area contributed by atoms with E-state index in [0.717, 1.165) is 77.0 Å². The summed E-state index contributed by atoms with van der Waals surface area (Å²) in [6.07, 6.45) is 0. The van der Waals surface area contributed by atoms with Crippen molar-refractivity contribution in [2.24, 2.45) is 0 Å². The minimum Gasteiger partial charge on any atom is -0.416 e. The van der Waals surface area contributed by atoms with Crippen molar-refractivity contribution in [3.05, 3.63) is 206 Å². The average molecular weight is 863 g/mol. The van der Waals surface area contributed by atoms with Crippen molar-refractivity contribution < 1.29 is 4.42 Å². The van der Waals surface area contributed by atoms with Crippen molar-refractivity contribution in [3.63, 3.8) is 0 Å². The van der Waals surface area contributed by atoms with E-state index in [1.807, 2.05) is 170 Å². The van der Waals surface area contributed by atoms with Crippen LogP contribution in [0, 0.1) is 0 Å². The lowest BCUT2D eigenvalue weighted by Gasteiger charge is -2.12. The molecule has 0 aliphatic rings. The Bertz CT molecular complexity index is 3860. The summed E-state index contributed by atoms with van der Waals surface area (Å²) in [6.45, 7) is 0. The van der Waals surface area contributed by atoms with Gasteiger partial charge in [0.05, 0.1) is 27.6 Å². The van der Waals surface area contributed by atoms with Crippen molar-refractivity contribution in [1.82, 2.24) is 49.2 Å². The van der Waals surface area contributed by atoms with Gasteiger partial charge in [-0.15, -0.1) is 10.2 Å². The zero-order chi connectivity index (χ0) is 44.3. The van der Waals surface area contributed by atoms with Crippen LogP contribution < -0.4 is 0 Å². The van der Waals surface area contributed by atoms with E-state index in [0.29, 0.717) is 47.0 Å². The molecule has 5 heterocycles. The number of rotatable bonds is 8. The van der Waals surface area contributed by atoms with Gasteiger partial charge in [-0.1, -0.05) is 176 Å². The van der Waals surface area contributed by atoms with E-state index in [4.69, 9.17) is 44.5 Å².